The number of piperidine rings is 1. The molecule has 0 aliphatic carbocycles. The summed E-state index contributed by atoms with van der Waals surface area (Å²) in [6, 6.07) is 9.44. The highest BCUT2D eigenvalue weighted by Crippen LogP contribution is 2.31. The summed E-state index contributed by atoms with van der Waals surface area (Å²) in [6.45, 7) is 1.82. The molecule has 1 aliphatic heterocycles. The second-order valence-electron chi connectivity index (χ2n) is 6.23. The Morgan fingerprint density at radius 1 is 1.00 bits per heavy atom. The summed E-state index contributed by atoms with van der Waals surface area (Å²) < 4.78 is 24.2. The van der Waals surface area contributed by atoms with Crippen molar-refractivity contribution in [3.8, 4) is 11.5 Å². The molecular weight excluding hydrogens is 335 g/mol. The summed E-state index contributed by atoms with van der Waals surface area (Å²) in [5.74, 6) is 0.308. The summed E-state index contributed by atoms with van der Waals surface area (Å²) in [6.07, 6.45) is 3.39. The first kappa shape index (κ1) is 18.0. The van der Waals surface area contributed by atoms with Crippen molar-refractivity contribution in [2.75, 3.05) is 37.5 Å². The van der Waals surface area contributed by atoms with Crippen LogP contribution in [0.5, 0.6) is 11.5 Å². The highest BCUT2D eigenvalue weighted by molar-refractivity contribution is 6.06. The van der Waals surface area contributed by atoms with Gasteiger partial charge in [0.25, 0.3) is 5.91 Å². The van der Waals surface area contributed by atoms with Crippen molar-refractivity contribution in [3.05, 3.63) is 47.8 Å². The molecule has 1 amide bonds. The molecule has 26 heavy (non-hydrogen) atoms. The number of benzene rings is 2. The Labute approximate surface area is 152 Å². The molecule has 0 radical (unpaired) electrons. The second-order valence-corrected chi connectivity index (χ2v) is 6.23. The van der Waals surface area contributed by atoms with Crippen molar-refractivity contribution < 1.29 is 18.7 Å². The molecule has 1 fully saturated rings. The molecule has 1 saturated heterocycles. The minimum atomic E-state index is -0.381. The van der Waals surface area contributed by atoms with Gasteiger partial charge >= 0.3 is 0 Å². The topological polar surface area (TPSA) is 50.8 Å². The van der Waals surface area contributed by atoms with Gasteiger partial charge in [-0.15, -0.1) is 0 Å². The van der Waals surface area contributed by atoms with Gasteiger partial charge in [-0.05, 0) is 55.7 Å². The summed E-state index contributed by atoms with van der Waals surface area (Å²) in [7, 11) is 3.05. The molecule has 6 heteroatoms. The van der Waals surface area contributed by atoms with E-state index in [2.05, 4.69) is 10.2 Å². The van der Waals surface area contributed by atoms with Gasteiger partial charge < -0.3 is 19.7 Å². The number of nitrogens with one attached hydrogen (secondary N) is 1. The predicted octanol–water partition coefficient (Wildman–Crippen LogP) is 4.09. The highest BCUT2D eigenvalue weighted by atomic mass is 19.1. The number of hydrogen-bond donors (Lipinski definition) is 1. The fourth-order valence-corrected chi connectivity index (χ4v) is 3.19. The van der Waals surface area contributed by atoms with E-state index in [9.17, 15) is 9.18 Å². The average molecular weight is 358 g/mol. The molecule has 0 saturated carbocycles. The first-order valence-corrected chi connectivity index (χ1v) is 8.70. The lowest BCUT2D eigenvalue weighted by Gasteiger charge is -2.30. The van der Waals surface area contributed by atoms with Gasteiger partial charge in [0.2, 0.25) is 0 Å². The van der Waals surface area contributed by atoms with E-state index >= 15 is 0 Å². The number of ether oxygens (including phenoxy) is 2. The molecule has 1 heterocycles. The fourth-order valence-electron chi connectivity index (χ4n) is 3.19. The van der Waals surface area contributed by atoms with Crippen LogP contribution in [-0.4, -0.2) is 33.2 Å². The summed E-state index contributed by atoms with van der Waals surface area (Å²) in [5.41, 5.74) is 1.74. The van der Waals surface area contributed by atoms with E-state index in [-0.39, 0.29) is 11.7 Å². The number of methoxy groups -OCH3 is 2. The molecule has 0 unspecified atom stereocenters. The number of amides is 1. The van der Waals surface area contributed by atoms with Gasteiger partial charge in [0.05, 0.1) is 25.6 Å². The van der Waals surface area contributed by atoms with E-state index in [0.717, 1.165) is 31.6 Å². The largest absolute Gasteiger partial charge is 0.493 e. The average Bonchev–Trinajstić information content (AvgIpc) is 2.68. The van der Waals surface area contributed by atoms with Crippen LogP contribution in [0.3, 0.4) is 0 Å². The van der Waals surface area contributed by atoms with E-state index in [1.807, 2.05) is 0 Å². The summed E-state index contributed by atoms with van der Waals surface area (Å²) in [5, 5.41) is 2.84. The molecular formula is C20H23FN2O3. The number of halogens is 1. The van der Waals surface area contributed by atoms with E-state index < -0.39 is 0 Å². The molecule has 1 N–H and O–H groups in total. The van der Waals surface area contributed by atoms with Crippen molar-refractivity contribution in [2.45, 2.75) is 19.3 Å². The van der Waals surface area contributed by atoms with Gasteiger partial charge in [0.1, 0.15) is 5.82 Å². The van der Waals surface area contributed by atoms with Crippen LogP contribution in [0.25, 0.3) is 0 Å². The van der Waals surface area contributed by atoms with Crippen LogP contribution in [0, 0.1) is 5.82 Å². The van der Waals surface area contributed by atoms with Gasteiger partial charge in [-0.25, -0.2) is 4.39 Å². The predicted molar refractivity (Wildman–Crippen MR) is 100.0 cm³/mol. The van der Waals surface area contributed by atoms with Gasteiger partial charge in [0.15, 0.2) is 11.5 Å². The number of carbonyl (C=O) groups is 1. The Kier molecular flexibility index (Phi) is 5.61. The Hall–Kier alpha value is -2.76. The monoisotopic (exact) mass is 358 g/mol. The van der Waals surface area contributed by atoms with Crippen molar-refractivity contribution in [2.24, 2.45) is 0 Å². The minimum absolute atomic E-state index is 0.324. The highest BCUT2D eigenvalue weighted by Gasteiger charge is 2.18. The zero-order valence-corrected chi connectivity index (χ0v) is 15.0. The number of hydrogen-bond acceptors (Lipinski definition) is 4. The third-order valence-electron chi connectivity index (χ3n) is 4.55. The van der Waals surface area contributed by atoms with E-state index in [1.165, 1.54) is 32.8 Å². The lowest BCUT2D eigenvalue weighted by molar-refractivity contribution is 0.102. The maximum atomic E-state index is 13.8. The van der Waals surface area contributed by atoms with Crippen molar-refractivity contribution in [1.29, 1.82) is 0 Å². The van der Waals surface area contributed by atoms with Gasteiger partial charge in [-0.3, -0.25) is 4.79 Å². The van der Waals surface area contributed by atoms with Crippen LogP contribution in [0.1, 0.15) is 29.6 Å². The number of carbonyl (C=O) groups excluding carboxylic acids is 1. The maximum absolute atomic E-state index is 13.8. The van der Waals surface area contributed by atoms with E-state index in [0.29, 0.717) is 22.7 Å². The Bertz CT molecular complexity index is 789. The fraction of sp³-hybridized carbons (Fsp3) is 0.350. The van der Waals surface area contributed by atoms with Crippen LogP contribution in [0.4, 0.5) is 15.8 Å². The molecule has 0 bridgehead atoms. The third-order valence-corrected chi connectivity index (χ3v) is 4.55. The van der Waals surface area contributed by atoms with Crippen molar-refractivity contribution in [3.63, 3.8) is 0 Å². The Balaban J connectivity index is 1.86. The van der Waals surface area contributed by atoms with Crippen molar-refractivity contribution >= 4 is 17.3 Å². The smallest absolute Gasteiger partial charge is 0.255 e. The van der Waals surface area contributed by atoms with E-state index in [4.69, 9.17) is 9.47 Å². The van der Waals surface area contributed by atoms with Crippen LogP contribution in [0.15, 0.2) is 36.4 Å². The Morgan fingerprint density at radius 2 is 1.73 bits per heavy atom. The molecule has 1 aliphatic rings. The standard InChI is InChI=1S/C20H23FN2O3/c1-25-18-9-6-14(12-19(18)26-2)20(24)22-16-13-15(21)7-8-17(16)23-10-4-3-5-11-23/h6-9,12-13H,3-5,10-11H2,1-2H3,(H,22,24). The number of nitrogens with zero attached hydrogens (tertiary/aromatic N) is 1. The molecule has 2 aromatic rings. The van der Waals surface area contributed by atoms with Gasteiger partial charge in [0, 0.05) is 18.7 Å². The SMILES string of the molecule is COc1ccc(C(=O)Nc2cc(F)ccc2N2CCCCC2)cc1OC. The molecule has 2 aromatic carbocycles. The number of anilines is 2. The molecule has 3 rings (SSSR count). The molecule has 138 valence electrons. The van der Waals surface area contributed by atoms with E-state index in [1.54, 1.807) is 24.3 Å². The maximum Gasteiger partial charge on any atom is 0.255 e. The lowest BCUT2D eigenvalue weighted by Crippen LogP contribution is -2.30. The zero-order chi connectivity index (χ0) is 18.5. The normalized spacial score (nSPS) is 14.0. The molecule has 5 nitrogen and oxygen atoms in total. The van der Waals surface area contributed by atoms with Crippen LogP contribution >= 0.6 is 0 Å². The summed E-state index contributed by atoms with van der Waals surface area (Å²) in [4.78, 5) is 14.9. The number of rotatable bonds is 5. The Morgan fingerprint density at radius 3 is 2.42 bits per heavy atom. The zero-order valence-electron chi connectivity index (χ0n) is 15.0. The minimum Gasteiger partial charge on any atom is -0.493 e. The first-order chi connectivity index (χ1) is 12.6. The lowest BCUT2D eigenvalue weighted by atomic mass is 10.1. The quantitative estimate of drug-likeness (QED) is 0.875. The van der Waals surface area contributed by atoms with Gasteiger partial charge in [-0.2, -0.15) is 0 Å². The molecule has 0 aromatic heterocycles. The first-order valence-electron chi connectivity index (χ1n) is 8.70. The van der Waals surface area contributed by atoms with Gasteiger partial charge in [-0.1, -0.05) is 0 Å². The second kappa shape index (κ2) is 8.08. The van der Waals surface area contributed by atoms with Crippen LogP contribution in [0.2, 0.25) is 0 Å². The summed E-state index contributed by atoms with van der Waals surface area (Å²) >= 11 is 0. The van der Waals surface area contributed by atoms with Crippen LogP contribution in [-0.2, 0) is 0 Å². The van der Waals surface area contributed by atoms with Crippen molar-refractivity contribution in [1.82, 2.24) is 0 Å². The molecule has 0 spiro atoms. The van der Waals surface area contributed by atoms with Crippen LogP contribution < -0.4 is 19.7 Å². The third kappa shape index (κ3) is 3.90. The molecule has 0 atom stereocenters.